The Labute approximate surface area is 106 Å². The van der Waals surface area contributed by atoms with E-state index in [4.69, 9.17) is 4.74 Å². The number of carbonyl (C=O) groups excluding carboxylic acids is 1. The molecule has 0 bridgehead atoms. The fourth-order valence-corrected chi connectivity index (χ4v) is 2.17. The molecule has 2 rings (SSSR count). The second-order valence-corrected chi connectivity index (χ2v) is 4.55. The summed E-state index contributed by atoms with van der Waals surface area (Å²) in [4.78, 5) is 11.9. The van der Waals surface area contributed by atoms with Gasteiger partial charge < -0.3 is 10.1 Å². The van der Waals surface area contributed by atoms with Crippen molar-refractivity contribution in [2.24, 2.45) is 5.92 Å². The highest BCUT2D eigenvalue weighted by molar-refractivity contribution is 5.81. The SMILES string of the molecule is O=C(CCOc1cccc(F)c1)C1CCNCC1. The lowest BCUT2D eigenvalue weighted by Crippen LogP contribution is -2.32. The standard InChI is InChI=1S/C14H18FNO2/c15-12-2-1-3-13(10-12)18-9-6-14(17)11-4-7-16-8-5-11/h1-3,10-11,16H,4-9H2. The van der Waals surface area contributed by atoms with Crippen LogP contribution in [0.15, 0.2) is 24.3 Å². The zero-order chi connectivity index (χ0) is 12.8. The molecule has 0 aliphatic carbocycles. The van der Waals surface area contributed by atoms with E-state index in [0.717, 1.165) is 25.9 Å². The highest BCUT2D eigenvalue weighted by atomic mass is 19.1. The lowest BCUT2D eigenvalue weighted by atomic mass is 9.92. The molecule has 98 valence electrons. The Morgan fingerprint density at radius 2 is 2.17 bits per heavy atom. The van der Waals surface area contributed by atoms with E-state index < -0.39 is 0 Å². The van der Waals surface area contributed by atoms with Crippen molar-refractivity contribution in [3.05, 3.63) is 30.1 Å². The van der Waals surface area contributed by atoms with Crippen LogP contribution in [0, 0.1) is 11.7 Å². The van der Waals surface area contributed by atoms with Crippen molar-refractivity contribution in [1.82, 2.24) is 5.32 Å². The molecule has 1 aromatic rings. The number of benzene rings is 1. The number of ketones is 1. The summed E-state index contributed by atoms with van der Waals surface area (Å²) in [7, 11) is 0. The Hall–Kier alpha value is -1.42. The summed E-state index contributed by atoms with van der Waals surface area (Å²) < 4.78 is 18.3. The second-order valence-electron chi connectivity index (χ2n) is 4.55. The molecule has 0 aromatic heterocycles. The molecule has 18 heavy (non-hydrogen) atoms. The zero-order valence-electron chi connectivity index (χ0n) is 10.3. The van der Waals surface area contributed by atoms with Gasteiger partial charge in [0.1, 0.15) is 17.3 Å². The van der Waals surface area contributed by atoms with Crippen molar-refractivity contribution < 1.29 is 13.9 Å². The van der Waals surface area contributed by atoms with Crippen LogP contribution in [-0.2, 0) is 4.79 Å². The summed E-state index contributed by atoms with van der Waals surface area (Å²) in [6.45, 7) is 2.16. The Morgan fingerprint density at radius 3 is 2.89 bits per heavy atom. The quantitative estimate of drug-likeness (QED) is 0.871. The lowest BCUT2D eigenvalue weighted by molar-refractivity contribution is -0.124. The Bertz CT molecular complexity index is 403. The number of piperidine rings is 1. The molecule has 1 aromatic carbocycles. The first-order chi connectivity index (χ1) is 8.75. The van der Waals surface area contributed by atoms with Crippen LogP contribution in [0.4, 0.5) is 4.39 Å². The molecule has 3 nitrogen and oxygen atoms in total. The van der Waals surface area contributed by atoms with Crippen LogP contribution in [-0.4, -0.2) is 25.5 Å². The number of ether oxygens (including phenoxy) is 1. The van der Waals surface area contributed by atoms with Gasteiger partial charge in [0.15, 0.2) is 0 Å². The van der Waals surface area contributed by atoms with E-state index in [1.807, 2.05) is 0 Å². The fraction of sp³-hybridized carbons (Fsp3) is 0.500. The van der Waals surface area contributed by atoms with Gasteiger partial charge in [0, 0.05) is 18.4 Å². The number of hydrogen-bond donors (Lipinski definition) is 1. The number of rotatable bonds is 5. The number of Topliss-reactive ketones (excluding diaryl/α,β-unsaturated/α-hetero) is 1. The molecule has 0 radical (unpaired) electrons. The maximum absolute atomic E-state index is 12.9. The third-order valence-corrected chi connectivity index (χ3v) is 3.21. The number of hydrogen-bond acceptors (Lipinski definition) is 3. The summed E-state index contributed by atoms with van der Waals surface area (Å²) in [6.07, 6.45) is 2.23. The van der Waals surface area contributed by atoms with Crippen LogP contribution in [0.3, 0.4) is 0 Å². The molecule has 0 spiro atoms. The van der Waals surface area contributed by atoms with Gasteiger partial charge in [-0.1, -0.05) is 6.07 Å². The van der Waals surface area contributed by atoms with Crippen LogP contribution < -0.4 is 10.1 Å². The van der Waals surface area contributed by atoms with Crippen molar-refractivity contribution in [1.29, 1.82) is 0 Å². The summed E-state index contributed by atoms with van der Waals surface area (Å²) in [5.41, 5.74) is 0. The van der Waals surface area contributed by atoms with Crippen molar-refractivity contribution in [3.63, 3.8) is 0 Å². The van der Waals surface area contributed by atoms with E-state index in [9.17, 15) is 9.18 Å². The van der Waals surface area contributed by atoms with E-state index in [1.54, 1.807) is 12.1 Å². The smallest absolute Gasteiger partial charge is 0.139 e. The van der Waals surface area contributed by atoms with Gasteiger partial charge in [-0.15, -0.1) is 0 Å². The van der Waals surface area contributed by atoms with Gasteiger partial charge in [-0.2, -0.15) is 0 Å². The number of carbonyl (C=O) groups is 1. The largest absolute Gasteiger partial charge is 0.493 e. The highest BCUT2D eigenvalue weighted by Gasteiger charge is 2.20. The molecule has 1 aliphatic heterocycles. The summed E-state index contributed by atoms with van der Waals surface area (Å²) in [5.74, 6) is 0.584. The van der Waals surface area contributed by atoms with Gasteiger partial charge >= 0.3 is 0 Å². The van der Waals surface area contributed by atoms with Gasteiger partial charge in [-0.05, 0) is 38.1 Å². The molecular formula is C14H18FNO2. The number of halogens is 1. The maximum Gasteiger partial charge on any atom is 0.139 e. The molecule has 1 N–H and O–H groups in total. The van der Waals surface area contributed by atoms with Crippen LogP contribution in [0.2, 0.25) is 0 Å². The first kappa shape index (κ1) is 13.0. The van der Waals surface area contributed by atoms with Gasteiger partial charge in [0.25, 0.3) is 0 Å². The molecule has 0 atom stereocenters. The molecular weight excluding hydrogens is 233 g/mol. The fourth-order valence-electron chi connectivity index (χ4n) is 2.17. The van der Waals surface area contributed by atoms with Gasteiger partial charge in [-0.3, -0.25) is 4.79 Å². The van der Waals surface area contributed by atoms with Gasteiger partial charge in [-0.25, -0.2) is 4.39 Å². The van der Waals surface area contributed by atoms with E-state index in [1.165, 1.54) is 12.1 Å². The van der Waals surface area contributed by atoms with Crippen LogP contribution in [0.5, 0.6) is 5.75 Å². The molecule has 0 amide bonds. The zero-order valence-corrected chi connectivity index (χ0v) is 10.3. The van der Waals surface area contributed by atoms with Crippen molar-refractivity contribution in [3.8, 4) is 5.75 Å². The minimum atomic E-state index is -0.322. The molecule has 1 heterocycles. The normalized spacial score (nSPS) is 16.5. The minimum absolute atomic E-state index is 0.169. The van der Waals surface area contributed by atoms with Crippen LogP contribution >= 0.6 is 0 Å². The predicted molar refractivity (Wildman–Crippen MR) is 67.1 cm³/mol. The van der Waals surface area contributed by atoms with Crippen molar-refractivity contribution >= 4 is 5.78 Å². The minimum Gasteiger partial charge on any atom is -0.493 e. The molecule has 0 saturated carbocycles. The summed E-state index contributed by atoms with van der Waals surface area (Å²) in [6, 6.07) is 5.99. The Balaban J connectivity index is 1.73. The maximum atomic E-state index is 12.9. The van der Waals surface area contributed by atoms with Gasteiger partial charge in [0.05, 0.1) is 6.61 Å². The van der Waals surface area contributed by atoms with Crippen molar-refractivity contribution in [2.75, 3.05) is 19.7 Å². The third-order valence-electron chi connectivity index (χ3n) is 3.21. The highest BCUT2D eigenvalue weighted by Crippen LogP contribution is 2.16. The second kappa shape index (κ2) is 6.50. The summed E-state index contributed by atoms with van der Waals surface area (Å²) in [5, 5.41) is 3.23. The van der Waals surface area contributed by atoms with E-state index in [0.29, 0.717) is 18.8 Å². The van der Waals surface area contributed by atoms with E-state index >= 15 is 0 Å². The van der Waals surface area contributed by atoms with E-state index in [-0.39, 0.29) is 17.5 Å². The summed E-state index contributed by atoms with van der Waals surface area (Å²) >= 11 is 0. The molecule has 1 saturated heterocycles. The van der Waals surface area contributed by atoms with E-state index in [2.05, 4.69) is 5.32 Å². The van der Waals surface area contributed by atoms with Gasteiger partial charge in [0.2, 0.25) is 0 Å². The van der Waals surface area contributed by atoms with Crippen LogP contribution in [0.1, 0.15) is 19.3 Å². The molecule has 0 unspecified atom stereocenters. The Kier molecular flexibility index (Phi) is 4.70. The first-order valence-corrected chi connectivity index (χ1v) is 6.37. The predicted octanol–water partition coefficient (Wildman–Crippen LogP) is 2.16. The number of nitrogens with one attached hydrogen (secondary N) is 1. The lowest BCUT2D eigenvalue weighted by Gasteiger charge is -2.21. The molecule has 1 aliphatic rings. The molecule has 4 heteroatoms. The first-order valence-electron chi connectivity index (χ1n) is 6.37. The molecule has 1 fully saturated rings. The third kappa shape index (κ3) is 3.81. The van der Waals surface area contributed by atoms with Crippen LogP contribution in [0.25, 0.3) is 0 Å². The average molecular weight is 251 g/mol. The van der Waals surface area contributed by atoms with Crippen molar-refractivity contribution in [2.45, 2.75) is 19.3 Å². The monoisotopic (exact) mass is 251 g/mol. The Morgan fingerprint density at radius 1 is 1.39 bits per heavy atom. The topological polar surface area (TPSA) is 38.3 Å². The average Bonchev–Trinajstić information content (AvgIpc) is 2.40.